The molecule has 5 heteroatoms. The summed E-state index contributed by atoms with van der Waals surface area (Å²) >= 11 is 9.60. The number of nitrogens with two attached hydrogens (primary N) is 1. The molecule has 0 saturated heterocycles. The molecule has 1 atom stereocenters. The molecule has 1 aromatic carbocycles. The Morgan fingerprint density at radius 3 is 2.94 bits per heavy atom. The van der Waals surface area contributed by atoms with Crippen LogP contribution in [0, 0.1) is 0 Å². The SMILES string of the molecule is Cn1ccnc1CCC(N)c1cc(Br)ccc1Cl. The molecule has 0 bridgehead atoms. The van der Waals surface area contributed by atoms with E-state index < -0.39 is 0 Å². The van der Waals surface area contributed by atoms with Gasteiger partial charge in [-0.05, 0) is 30.2 Å². The van der Waals surface area contributed by atoms with Crippen molar-refractivity contribution in [1.29, 1.82) is 0 Å². The van der Waals surface area contributed by atoms with Crippen molar-refractivity contribution >= 4 is 27.5 Å². The van der Waals surface area contributed by atoms with Crippen LogP contribution in [0.15, 0.2) is 35.1 Å². The van der Waals surface area contributed by atoms with Crippen LogP contribution in [0.5, 0.6) is 0 Å². The normalized spacial score (nSPS) is 12.7. The Kier molecular flexibility index (Phi) is 4.43. The first-order valence-corrected chi connectivity index (χ1v) is 6.91. The van der Waals surface area contributed by atoms with Crippen molar-refractivity contribution < 1.29 is 0 Å². The van der Waals surface area contributed by atoms with Gasteiger partial charge in [0.2, 0.25) is 0 Å². The fraction of sp³-hybridized carbons (Fsp3) is 0.308. The molecule has 18 heavy (non-hydrogen) atoms. The molecule has 0 radical (unpaired) electrons. The lowest BCUT2D eigenvalue weighted by molar-refractivity contribution is 0.620. The maximum Gasteiger partial charge on any atom is 0.108 e. The summed E-state index contributed by atoms with van der Waals surface area (Å²) in [5.41, 5.74) is 7.16. The zero-order valence-corrected chi connectivity index (χ0v) is 12.4. The van der Waals surface area contributed by atoms with Gasteiger partial charge in [-0.3, -0.25) is 0 Å². The highest BCUT2D eigenvalue weighted by Gasteiger charge is 2.12. The molecule has 0 spiro atoms. The Morgan fingerprint density at radius 1 is 1.50 bits per heavy atom. The first-order valence-electron chi connectivity index (χ1n) is 5.74. The van der Waals surface area contributed by atoms with E-state index in [0.29, 0.717) is 5.02 Å². The fourth-order valence-corrected chi connectivity index (χ4v) is 2.51. The van der Waals surface area contributed by atoms with Crippen molar-refractivity contribution in [2.24, 2.45) is 12.8 Å². The third-order valence-electron chi connectivity index (χ3n) is 2.96. The lowest BCUT2D eigenvalue weighted by Crippen LogP contribution is -2.13. The summed E-state index contributed by atoms with van der Waals surface area (Å²) in [5, 5.41) is 0.713. The number of halogens is 2. The average molecular weight is 329 g/mol. The molecular formula is C13H15BrClN3. The molecular weight excluding hydrogens is 314 g/mol. The van der Waals surface area contributed by atoms with E-state index in [1.807, 2.05) is 36.0 Å². The molecule has 0 aliphatic carbocycles. The summed E-state index contributed by atoms with van der Waals surface area (Å²) in [7, 11) is 1.99. The largest absolute Gasteiger partial charge is 0.338 e. The van der Waals surface area contributed by atoms with Crippen LogP contribution in [0.3, 0.4) is 0 Å². The van der Waals surface area contributed by atoms with Crippen molar-refractivity contribution in [3.8, 4) is 0 Å². The molecule has 0 fully saturated rings. The lowest BCUT2D eigenvalue weighted by Gasteiger charge is -2.14. The van der Waals surface area contributed by atoms with Gasteiger partial charge < -0.3 is 10.3 Å². The molecule has 0 aliphatic rings. The van der Waals surface area contributed by atoms with Gasteiger partial charge in [0.1, 0.15) is 5.82 Å². The van der Waals surface area contributed by atoms with E-state index in [1.54, 1.807) is 6.20 Å². The molecule has 2 rings (SSSR count). The molecule has 96 valence electrons. The second-order valence-corrected chi connectivity index (χ2v) is 5.59. The van der Waals surface area contributed by atoms with E-state index in [-0.39, 0.29) is 6.04 Å². The van der Waals surface area contributed by atoms with Crippen LogP contribution in [0.25, 0.3) is 0 Å². The summed E-state index contributed by atoms with van der Waals surface area (Å²) < 4.78 is 3.00. The van der Waals surface area contributed by atoms with E-state index in [2.05, 4.69) is 20.9 Å². The van der Waals surface area contributed by atoms with E-state index >= 15 is 0 Å². The third kappa shape index (κ3) is 3.13. The number of benzene rings is 1. The van der Waals surface area contributed by atoms with Gasteiger partial charge in [0.15, 0.2) is 0 Å². The van der Waals surface area contributed by atoms with Gasteiger partial charge in [-0.25, -0.2) is 4.98 Å². The number of aryl methyl sites for hydroxylation is 2. The fourth-order valence-electron chi connectivity index (χ4n) is 1.88. The molecule has 0 saturated carbocycles. The molecule has 0 aliphatic heterocycles. The predicted octanol–water partition coefficient (Wildman–Crippen LogP) is 3.47. The topological polar surface area (TPSA) is 43.8 Å². The van der Waals surface area contributed by atoms with Crippen molar-refractivity contribution in [1.82, 2.24) is 9.55 Å². The lowest BCUT2D eigenvalue weighted by atomic mass is 10.0. The zero-order chi connectivity index (χ0) is 13.1. The van der Waals surface area contributed by atoms with E-state index in [1.165, 1.54) is 0 Å². The van der Waals surface area contributed by atoms with Gasteiger partial charge in [-0.15, -0.1) is 0 Å². The van der Waals surface area contributed by atoms with Crippen LogP contribution in [0.2, 0.25) is 5.02 Å². The second-order valence-electron chi connectivity index (χ2n) is 4.27. The molecule has 0 amide bonds. The second kappa shape index (κ2) is 5.87. The molecule has 1 heterocycles. The number of imidazole rings is 1. The standard InChI is InChI=1S/C13H15BrClN3/c1-18-7-6-17-13(18)5-4-12(16)10-8-9(14)2-3-11(10)15/h2-3,6-8,12H,4-5,16H2,1H3. The van der Waals surface area contributed by atoms with E-state index in [9.17, 15) is 0 Å². The van der Waals surface area contributed by atoms with Crippen molar-refractivity contribution in [3.05, 3.63) is 51.5 Å². The maximum atomic E-state index is 6.19. The summed E-state index contributed by atoms with van der Waals surface area (Å²) in [5.74, 6) is 1.04. The number of hydrogen-bond donors (Lipinski definition) is 1. The van der Waals surface area contributed by atoms with Crippen molar-refractivity contribution in [3.63, 3.8) is 0 Å². The highest BCUT2D eigenvalue weighted by molar-refractivity contribution is 9.10. The first kappa shape index (κ1) is 13.6. The molecule has 3 nitrogen and oxygen atoms in total. The number of aromatic nitrogens is 2. The number of nitrogens with zero attached hydrogens (tertiary/aromatic N) is 2. The van der Waals surface area contributed by atoms with Gasteiger partial charge in [-0.2, -0.15) is 0 Å². The Hall–Kier alpha value is -0.840. The highest BCUT2D eigenvalue weighted by atomic mass is 79.9. The Balaban J connectivity index is 2.06. The molecule has 2 N–H and O–H groups in total. The van der Waals surface area contributed by atoms with Crippen LogP contribution in [0.1, 0.15) is 23.9 Å². The minimum atomic E-state index is -0.0771. The van der Waals surface area contributed by atoms with Gasteiger partial charge in [0.05, 0.1) is 0 Å². The van der Waals surface area contributed by atoms with E-state index in [4.69, 9.17) is 17.3 Å². The number of rotatable bonds is 4. The zero-order valence-electron chi connectivity index (χ0n) is 10.1. The summed E-state index contributed by atoms with van der Waals surface area (Å²) in [4.78, 5) is 4.29. The van der Waals surface area contributed by atoms with Crippen molar-refractivity contribution in [2.75, 3.05) is 0 Å². The predicted molar refractivity (Wildman–Crippen MR) is 77.6 cm³/mol. The van der Waals surface area contributed by atoms with Crippen LogP contribution in [-0.2, 0) is 13.5 Å². The van der Waals surface area contributed by atoms with Gasteiger partial charge in [0.25, 0.3) is 0 Å². The van der Waals surface area contributed by atoms with Gasteiger partial charge in [-0.1, -0.05) is 27.5 Å². The molecule has 1 aromatic heterocycles. The van der Waals surface area contributed by atoms with Gasteiger partial charge in [0, 0.05) is 41.4 Å². The minimum absolute atomic E-state index is 0.0771. The number of hydrogen-bond acceptors (Lipinski definition) is 2. The van der Waals surface area contributed by atoms with Crippen LogP contribution >= 0.6 is 27.5 Å². The van der Waals surface area contributed by atoms with E-state index in [0.717, 1.165) is 28.7 Å². The van der Waals surface area contributed by atoms with Crippen LogP contribution in [0.4, 0.5) is 0 Å². The Morgan fingerprint density at radius 2 is 2.28 bits per heavy atom. The quantitative estimate of drug-likeness (QED) is 0.934. The maximum absolute atomic E-state index is 6.19. The average Bonchev–Trinajstić information content (AvgIpc) is 2.75. The monoisotopic (exact) mass is 327 g/mol. The van der Waals surface area contributed by atoms with Crippen LogP contribution in [-0.4, -0.2) is 9.55 Å². The Bertz CT molecular complexity index is 539. The summed E-state index contributed by atoms with van der Waals surface area (Å²) in [6.07, 6.45) is 5.40. The highest BCUT2D eigenvalue weighted by Crippen LogP contribution is 2.27. The minimum Gasteiger partial charge on any atom is -0.338 e. The summed E-state index contributed by atoms with van der Waals surface area (Å²) in [6, 6.07) is 5.68. The first-order chi connectivity index (χ1) is 8.58. The molecule has 1 unspecified atom stereocenters. The Labute approximate surface area is 120 Å². The van der Waals surface area contributed by atoms with Crippen molar-refractivity contribution in [2.45, 2.75) is 18.9 Å². The van der Waals surface area contributed by atoms with Crippen LogP contribution < -0.4 is 5.73 Å². The third-order valence-corrected chi connectivity index (χ3v) is 3.79. The molecule has 2 aromatic rings. The smallest absolute Gasteiger partial charge is 0.108 e. The van der Waals surface area contributed by atoms with Gasteiger partial charge >= 0.3 is 0 Å². The summed E-state index contributed by atoms with van der Waals surface area (Å²) in [6.45, 7) is 0.